The number of nitrogens with zero attached hydrogens (tertiary/aromatic N) is 1. The normalized spacial score (nSPS) is 20.9. The predicted octanol–water partition coefficient (Wildman–Crippen LogP) is 6.93. The lowest BCUT2D eigenvalue weighted by atomic mass is 9.77. The van der Waals surface area contributed by atoms with Crippen molar-refractivity contribution < 1.29 is 4.74 Å². The van der Waals surface area contributed by atoms with Crippen molar-refractivity contribution in [2.75, 3.05) is 11.9 Å². The third kappa shape index (κ3) is 4.02. The van der Waals surface area contributed by atoms with Crippen LogP contribution in [0.5, 0.6) is 5.75 Å². The maximum atomic E-state index is 6.27. The number of anilines is 1. The van der Waals surface area contributed by atoms with Crippen LogP contribution >= 0.6 is 11.6 Å². The molecule has 0 saturated heterocycles. The van der Waals surface area contributed by atoms with Crippen molar-refractivity contribution >= 4 is 29.2 Å². The summed E-state index contributed by atoms with van der Waals surface area (Å²) in [5.74, 6) is 4.03. The van der Waals surface area contributed by atoms with Gasteiger partial charge in [-0.15, -0.1) is 6.42 Å². The minimum Gasteiger partial charge on any atom is -0.479 e. The molecule has 0 aromatic heterocycles. The molecule has 158 valence electrons. The van der Waals surface area contributed by atoms with E-state index in [1.807, 2.05) is 18.2 Å². The van der Waals surface area contributed by atoms with Gasteiger partial charge in [0.2, 0.25) is 0 Å². The molecule has 0 unspecified atom stereocenters. The molecule has 1 heterocycles. The number of fused-ring (bicyclic) bond motifs is 3. The summed E-state index contributed by atoms with van der Waals surface area (Å²) in [6, 6.07) is 23.0. The second-order valence-corrected chi connectivity index (χ2v) is 8.50. The maximum absolute atomic E-state index is 6.27. The number of rotatable bonds is 5. The molecule has 3 nitrogen and oxygen atoms in total. The van der Waals surface area contributed by atoms with Crippen LogP contribution in [0.1, 0.15) is 35.1 Å². The number of hydrogen-bond donors (Lipinski definition) is 1. The zero-order valence-electron chi connectivity index (χ0n) is 17.5. The highest BCUT2D eigenvalue weighted by Crippen LogP contribution is 2.49. The van der Waals surface area contributed by atoms with Crippen LogP contribution in [-0.4, -0.2) is 12.8 Å². The molecule has 1 aliphatic carbocycles. The average molecular weight is 439 g/mol. The lowest BCUT2D eigenvalue weighted by Gasteiger charge is -2.37. The van der Waals surface area contributed by atoms with Crippen LogP contribution in [-0.2, 0) is 0 Å². The van der Waals surface area contributed by atoms with Gasteiger partial charge in [-0.1, -0.05) is 60.0 Å². The second-order valence-electron chi connectivity index (χ2n) is 8.10. The monoisotopic (exact) mass is 438 g/mol. The zero-order chi connectivity index (χ0) is 21.9. The van der Waals surface area contributed by atoms with Crippen LogP contribution in [0.3, 0.4) is 0 Å². The predicted molar refractivity (Wildman–Crippen MR) is 132 cm³/mol. The molecule has 0 amide bonds. The van der Waals surface area contributed by atoms with E-state index in [9.17, 15) is 0 Å². The highest BCUT2D eigenvalue weighted by atomic mass is 35.5. The van der Waals surface area contributed by atoms with Gasteiger partial charge in [0.15, 0.2) is 0 Å². The van der Waals surface area contributed by atoms with E-state index in [-0.39, 0.29) is 12.6 Å². The first-order valence-electron chi connectivity index (χ1n) is 10.7. The number of terminal acetylenes is 1. The van der Waals surface area contributed by atoms with Crippen LogP contribution in [0.2, 0.25) is 5.02 Å². The first-order valence-corrected chi connectivity index (χ1v) is 11.1. The standard InChI is InChI=1S/C28H23ClN2O/c1-2-16-32-27-15-10-19(17-25(27)29)18-30-21-13-11-20(12-14-21)28-24-8-5-7-22(24)23-6-3-4-9-26(23)31-28/h1,3-7,9-15,17-18,22,24,28,31H,8,16H2/t22-,24+,28-/m0/s1. The van der Waals surface area contributed by atoms with Gasteiger partial charge in [-0.3, -0.25) is 4.99 Å². The van der Waals surface area contributed by atoms with Crippen molar-refractivity contribution in [1.82, 2.24) is 0 Å². The lowest BCUT2D eigenvalue weighted by molar-refractivity contribution is 0.370. The molecule has 3 atom stereocenters. The SMILES string of the molecule is C#CCOc1ccc(C=Nc2ccc([C@@H]3Nc4ccccc4[C@@H]4C=CC[C@H]43)cc2)cc1Cl. The average Bonchev–Trinajstić information content (AvgIpc) is 3.32. The fourth-order valence-electron chi connectivity index (χ4n) is 4.62. The van der Waals surface area contributed by atoms with Crippen LogP contribution < -0.4 is 10.1 Å². The van der Waals surface area contributed by atoms with Gasteiger partial charge in [-0.2, -0.15) is 0 Å². The number of ether oxygens (including phenoxy) is 1. The number of halogens is 1. The second kappa shape index (κ2) is 8.94. The summed E-state index contributed by atoms with van der Waals surface area (Å²) < 4.78 is 5.40. The van der Waals surface area contributed by atoms with Crippen molar-refractivity contribution in [3.63, 3.8) is 0 Å². The number of nitrogens with one attached hydrogen (secondary N) is 1. The number of allylic oxidation sites excluding steroid dienone is 2. The van der Waals surface area contributed by atoms with Gasteiger partial charge in [-0.05, 0) is 65.4 Å². The van der Waals surface area contributed by atoms with Crippen molar-refractivity contribution in [3.05, 3.63) is 101 Å². The van der Waals surface area contributed by atoms with E-state index in [1.165, 1.54) is 16.8 Å². The summed E-state index contributed by atoms with van der Waals surface area (Å²) in [5.41, 5.74) is 5.72. The summed E-state index contributed by atoms with van der Waals surface area (Å²) in [4.78, 5) is 4.61. The molecule has 3 aromatic rings. The molecular weight excluding hydrogens is 416 g/mol. The minimum absolute atomic E-state index is 0.193. The van der Waals surface area contributed by atoms with E-state index in [0.29, 0.717) is 22.6 Å². The van der Waals surface area contributed by atoms with Crippen molar-refractivity contribution in [1.29, 1.82) is 0 Å². The number of para-hydroxylation sites is 1. The van der Waals surface area contributed by atoms with Crippen molar-refractivity contribution in [2.24, 2.45) is 10.9 Å². The maximum Gasteiger partial charge on any atom is 0.148 e. The van der Waals surface area contributed by atoms with Crippen LogP contribution in [0.25, 0.3) is 0 Å². The number of hydrogen-bond acceptors (Lipinski definition) is 3. The fraction of sp³-hybridized carbons (Fsp3) is 0.179. The van der Waals surface area contributed by atoms with Gasteiger partial charge in [0.05, 0.1) is 16.8 Å². The van der Waals surface area contributed by atoms with Crippen LogP contribution in [0.15, 0.2) is 83.9 Å². The largest absolute Gasteiger partial charge is 0.479 e. The molecule has 0 radical (unpaired) electrons. The Morgan fingerprint density at radius 1 is 1.12 bits per heavy atom. The first kappa shape index (κ1) is 20.4. The molecule has 2 aliphatic rings. The Balaban J connectivity index is 1.32. The summed E-state index contributed by atoms with van der Waals surface area (Å²) in [6.45, 7) is 0.193. The van der Waals surface area contributed by atoms with Gasteiger partial charge in [0, 0.05) is 17.8 Å². The zero-order valence-corrected chi connectivity index (χ0v) is 18.3. The molecule has 0 bridgehead atoms. The summed E-state index contributed by atoms with van der Waals surface area (Å²) in [7, 11) is 0. The molecule has 0 fully saturated rings. The summed E-state index contributed by atoms with van der Waals surface area (Å²) in [5, 5.41) is 4.29. The Morgan fingerprint density at radius 3 is 2.78 bits per heavy atom. The number of aliphatic imine (C=N–C) groups is 1. The van der Waals surface area contributed by atoms with Gasteiger partial charge in [-0.25, -0.2) is 0 Å². The molecule has 3 aromatic carbocycles. The third-order valence-electron chi connectivity index (χ3n) is 6.15. The highest BCUT2D eigenvalue weighted by Gasteiger charge is 2.37. The molecule has 1 aliphatic heterocycles. The molecule has 4 heteroatoms. The highest BCUT2D eigenvalue weighted by molar-refractivity contribution is 6.32. The quantitative estimate of drug-likeness (QED) is 0.266. The van der Waals surface area contributed by atoms with E-state index < -0.39 is 0 Å². The van der Waals surface area contributed by atoms with E-state index in [1.54, 1.807) is 6.21 Å². The Bertz CT molecular complexity index is 1220. The Kier molecular flexibility index (Phi) is 5.71. The lowest BCUT2D eigenvalue weighted by Crippen LogP contribution is -2.28. The van der Waals surface area contributed by atoms with Crippen LogP contribution in [0.4, 0.5) is 11.4 Å². The molecule has 0 saturated carbocycles. The summed E-state index contributed by atoms with van der Waals surface area (Å²) >= 11 is 6.27. The van der Waals surface area contributed by atoms with Crippen molar-refractivity contribution in [3.8, 4) is 18.1 Å². The van der Waals surface area contributed by atoms with Gasteiger partial charge < -0.3 is 10.1 Å². The van der Waals surface area contributed by atoms with Gasteiger partial charge >= 0.3 is 0 Å². The third-order valence-corrected chi connectivity index (χ3v) is 6.45. The van der Waals surface area contributed by atoms with Crippen molar-refractivity contribution in [2.45, 2.75) is 18.4 Å². The molecule has 1 N–H and O–H groups in total. The summed E-state index contributed by atoms with van der Waals surface area (Å²) in [6.07, 6.45) is 12.8. The molecule has 5 rings (SSSR count). The Hall–Kier alpha value is -3.48. The minimum atomic E-state index is 0.193. The van der Waals surface area contributed by atoms with Gasteiger partial charge in [0.1, 0.15) is 12.4 Å². The first-order chi connectivity index (χ1) is 15.7. The molecule has 32 heavy (non-hydrogen) atoms. The fourth-order valence-corrected chi connectivity index (χ4v) is 4.87. The molecular formula is C28H23ClN2O. The molecule has 0 spiro atoms. The number of benzene rings is 3. The van der Waals surface area contributed by atoms with E-state index in [2.05, 4.69) is 76.9 Å². The van der Waals surface area contributed by atoms with E-state index >= 15 is 0 Å². The smallest absolute Gasteiger partial charge is 0.148 e. The van der Waals surface area contributed by atoms with Gasteiger partial charge in [0.25, 0.3) is 0 Å². The topological polar surface area (TPSA) is 33.6 Å². The van der Waals surface area contributed by atoms with E-state index in [0.717, 1.165) is 17.7 Å². The Labute approximate surface area is 193 Å². The Morgan fingerprint density at radius 2 is 1.97 bits per heavy atom. The van der Waals surface area contributed by atoms with E-state index in [4.69, 9.17) is 22.8 Å². The van der Waals surface area contributed by atoms with Crippen LogP contribution in [0, 0.1) is 18.3 Å².